The Bertz CT molecular complexity index is 2220. The maximum atomic E-state index is 3.83. The smallest absolute Gasteiger partial charge is 0.0618 e. The summed E-state index contributed by atoms with van der Waals surface area (Å²) in [5, 5.41) is 8.87. The molecule has 10 bridgehead atoms. The molecule has 6 aromatic carbocycles. The van der Waals surface area contributed by atoms with Gasteiger partial charge in [0.25, 0.3) is 0 Å². The van der Waals surface area contributed by atoms with Crippen molar-refractivity contribution in [1.29, 1.82) is 0 Å². The van der Waals surface area contributed by atoms with Gasteiger partial charge in [-0.15, -0.1) is 0 Å². The minimum absolute atomic E-state index is 0.163. The van der Waals surface area contributed by atoms with Crippen LogP contribution in [0, 0.1) is 35.5 Å². The highest BCUT2D eigenvalue weighted by molar-refractivity contribution is 6.99. The lowest BCUT2D eigenvalue weighted by molar-refractivity contribution is 0.977. The first-order valence-corrected chi connectivity index (χ1v) is 19.6. The van der Waals surface area contributed by atoms with E-state index in [1.165, 1.54) is 97.9 Å². The molecule has 0 amide bonds. The fourth-order valence-corrected chi connectivity index (χ4v) is 18.1. The molecule has 206 valence electrons. The molecule has 0 saturated carbocycles. The molecule has 46 heavy (non-hydrogen) atoms. The van der Waals surface area contributed by atoms with Crippen LogP contribution in [0.3, 0.4) is 0 Å². The van der Waals surface area contributed by atoms with E-state index in [0.29, 0.717) is 0 Å². The van der Waals surface area contributed by atoms with Gasteiger partial charge >= 0.3 is 0 Å². The second kappa shape index (κ2) is 8.17. The van der Waals surface area contributed by atoms with E-state index in [0.717, 1.165) is 0 Å². The van der Waals surface area contributed by atoms with E-state index < -0.39 is 17.6 Å². The highest BCUT2D eigenvalue weighted by Gasteiger charge is 2.47. The molecule has 0 radical (unpaired) electrons. The van der Waals surface area contributed by atoms with Crippen LogP contribution >= 0.6 is 0 Å². The average Bonchev–Trinajstić information content (AvgIpc) is 3.10. The first kappa shape index (κ1) is 23.8. The van der Waals surface area contributed by atoms with Crippen LogP contribution in [0.1, 0.15) is 78.6 Å². The molecule has 15 rings (SSSR count). The largest absolute Gasteiger partial charge is 0.139 e. The fraction of sp³-hybridized carbons (Fsp3) is 0.0455. The zero-order valence-electron chi connectivity index (χ0n) is 24.7. The van der Waals surface area contributed by atoms with Gasteiger partial charge in [0, 0.05) is 45.2 Å². The Kier molecular flexibility index (Phi) is 4.22. The SMILES string of the molecule is C1#Cc2cccc3c2[SiH]2c4c5cccc4C3c3cccc(c32)C#Cc2cccc3c2[SiH]2c4c1cccc4C3c1cccc(c12)C#C5. The molecule has 9 aliphatic rings. The average molecular weight is 607 g/mol. The van der Waals surface area contributed by atoms with Crippen molar-refractivity contribution in [2.75, 3.05) is 0 Å². The van der Waals surface area contributed by atoms with E-state index in [-0.39, 0.29) is 11.8 Å². The van der Waals surface area contributed by atoms with Crippen molar-refractivity contribution in [2.24, 2.45) is 0 Å². The van der Waals surface area contributed by atoms with Crippen molar-refractivity contribution in [2.45, 2.75) is 11.8 Å². The molecule has 0 unspecified atom stereocenters. The van der Waals surface area contributed by atoms with Gasteiger partial charge < -0.3 is 0 Å². The maximum absolute atomic E-state index is 3.83. The Morgan fingerprint density at radius 3 is 0.674 bits per heavy atom. The van der Waals surface area contributed by atoms with Crippen LogP contribution in [-0.4, -0.2) is 17.6 Å². The van der Waals surface area contributed by atoms with E-state index in [1.807, 2.05) is 0 Å². The van der Waals surface area contributed by atoms with Gasteiger partial charge in [-0.25, -0.2) is 0 Å². The Morgan fingerprint density at radius 2 is 0.478 bits per heavy atom. The van der Waals surface area contributed by atoms with E-state index in [4.69, 9.17) is 0 Å². The van der Waals surface area contributed by atoms with Crippen molar-refractivity contribution in [3.8, 4) is 35.5 Å². The molecule has 0 aromatic heterocycles. The van der Waals surface area contributed by atoms with Crippen molar-refractivity contribution >= 4 is 48.7 Å². The van der Waals surface area contributed by atoms with Gasteiger partial charge in [0.05, 0.1) is 0 Å². The predicted octanol–water partition coefficient (Wildman–Crippen LogP) is 2.62. The normalized spacial score (nSPS) is 20.6. The zero-order chi connectivity index (χ0) is 29.7. The first-order chi connectivity index (χ1) is 22.8. The molecule has 2 heteroatoms. The Hall–Kier alpha value is -5.57. The van der Waals surface area contributed by atoms with Gasteiger partial charge in [0.2, 0.25) is 0 Å². The van der Waals surface area contributed by atoms with E-state index in [2.05, 4.69) is 145 Å². The summed E-state index contributed by atoms with van der Waals surface area (Å²) in [5.74, 6) is 23.3. The molecule has 0 saturated heterocycles. The topological polar surface area (TPSA) is 0 Å². The van der Waals surface area contributed by atoms with Gasteiger partial charge in [-0.2, -0.15) is 0 Å². The molecule has 0 N–H and O–H groups in total. The molecular formula is C44H22Si2. The molecule has 9 aliphatic heterocycles. The van der Waals surface area contributed by atoms with Crippen LogP contribution in [-0.2, 0) is 0 Å². The summed E-state index contributed by atoms with van der Waals surface area (Å²) in [5.41, 5.74) is 15.8. The molecular weight excluding hydrogens is 585 g/mol. The van der Waals surface area contributed by atoms with Crippen LogP contribution in [0.15, 0.2) is 109 Å². The third kappa shape index (κ3) is 2.69. The van der Waals surface area contributed by atoms with Gasteiger partial charge in [0.1, 0.15) is 17.6 Å². The lowest BCUT2D eigenvalue weighted by Crippen LogP contribution is -2.66. The molecule has 0 aliphatic carbocycles. The predicted molar refractivity (Wildman–Crippen MR) is 191 cm³/mol. The Labute approximate surface area is 271 Å². The number of hydrogen-bond acceptors (Lipinski definition) is 0. The standard InChI is InChI=1S/C44H22Si2/c1-7-25-19-20-26-8-4-16-34-38-35-17-5-11-29-23-21-27-9-2-14-32-37-31(13-1)39(25)45(40(27)32)41-28(10-3-15-33(37)41)22-24-30-12-6-18-36(38)44(30)46(42(26)34)43(29)35/h1-18,37-38,45-46H. The van der Waals surface area contributed by atoms with Crippen molar-refractivity contribution in [3.05, 3.63) is 176 Å². The summed E-state index contributed by atoms with van der Waals surface area (Å²) in [6, 6.07) is 41.3. The first-order valence-electron chi connectivity index (χ1n) is 16.2. The molecule has 0 fully saturated rings. The molecule has 6 aromatic rings. The van der Waals surface area contributed by atoms with Gasteiger partial charge in [-0.3, -0.25) is 0 Å². The Morgan fingerprint density at radius 1 is 0.283 bits per heavy atom. The maximum Gasteiger partial charge on any atom is 0.139 e. The van der Waals surface area contributed by atoms with Crippen molar-refractivity contribution < 1.29 is 0 Å². The number of rotatable bonds is 0. The monoisotopic (exact) mass is 606 g/mol. The lowest BCUT2D eigenvalue weighted by Gasteiger charge is -2.43. The quantitative estimate of drug-likeness (QED) is 0.184. The second-order valence-corrected chi connectivity index (χ2v) is 18.5. The van der Waals surface area contributed by atoms with E-state index >= 15 is 0 Å². The molecule has 0 atom stereocenters. The summed E-state index contributed by atoms with van der Waals surface area (Å²) in [4.78, 5) is 0. The van der Waals surface area contributed by atoms with E-state index in [9.17, 15) is 0 Å². The van der Waals surface area contributed by atoms with Crippen LogP contribution < -0.4 is 31.1 Å². The number of hydrogen-bond donors (Lipinski definition) is 0. The summed E-state index contributed by atoms with van der Waals surface area (Å²) >= 11 is 0. The highest BCUT2D eigenvalue weighted by Crippen LogP contribution is 2.40. The molecule has 0 nitrogen and oxygen atoms in total. The third-order valence-corrected chi connectivity index (χ3v) is 18.8. The third-order valence-electron chi connectivity index (χ3n) is 11.4. The zero-order valence-corrected chi connectivity index (χ0v) is 27.0. The van der Waals surface area contributed by atoms with Crippen molar-refractivity contribution in [3.63, 3.8) is 0 Å². The molecule has 0 spiro atoms. The summed E-state index contributed by atoms with van der Waals surface area (Å²) in [6.45, 7) is 0. The van der Waals surface area contributed by atoms with Crippen LogP contribution in [0.4, 0.5) is 0 Å². The minimum atomic E-state index is -2.01. The van der Waals surface area contributed by atoms with E-state index in [1.54, 1.807) is 0 Å². The van der Waals surface area contributed by atoms with Gasteiger partial charge in [0.15, 0.2) is 0 Å². The van der Waals surface area contributed by atoms with Crippen LogP contribution in [0.5, 0.6) is 0 Å². The molecule has 9 heterocycles. The fourth-order valence-electron chi connectivity index (χ4n) is 9.87. The van der Waals surface area contributed by atoms with Gasteiger partial charge in [-0.05, 0) is 101 Å². The van der Waals surface area contributed by atoms with Gasteiger partial charge in [-0.1, -0.05) is 108 Å². The lowest BCUT2D eigenvalue weighted by atomic mass is 9.81. The highest BCUT2D eigenvalue weighted by atomic mass is 28.3. The van der Waals surface area contributed by atoms with Crippen LogP contribution in [0.2, 0.25) is 0 Å². The summed E-state index contributed by atoms with van der Waals surface area (Å²) in [7, 11) is -4.01. The summed E-state index contributed by atoms with van der Waals surface area (Å²) in [6.07, 6.45) is 0. The Balaban J connectivity index is 1.35. The minimum Gasteiger partial charge on any atom is -0.0618 e. The number of benzene rings is 6. The van der Waals surface area contributed by atoms with Crippen LogP contribution in [0.25, 0.3) is 0 Å². The second-order valence-electron chi connectivity index (χ2n) is 13.3. The van der Waals surface area contributed by atoms with Crippen molar-refractivity contribution in [1.82, 2.24) is 0 Å². The summed E-state index contributed by atoms with van der Waals surface area (Å²) < 4.78 is 0.